The zero-order valence-electron chi connectivity index (χ0n) is 17.7. The van der Waals surface area contributed by atoms with E-state index in [2.05, 4.69) is 5.32 Å². The molecule has 6 nitrogen and oxygen atoms in total. The second-order valence-corrected chi connectivity index (χ2v) is 9.21. The number of nitrogens with zero attached hydrogens (tertiary/aromatic N) is 1. The van der Waals surface area contributed by atoms with E-state index in [1.807, 2.05) is 0 Å². The molecule has 30 heavy (non-hydrogen) atoms. The summed E-state index contributed by atoms with van der Waals surface area (Å²) in [7, 11) is 0. The number of amides is 2. The van der Waals surface area contributed by atoms with E-state index < -0.39 is 52.0 Å². The largest absolute Gasteiger partial charge is 0.444 e. The van der Waals surface area contributed by atoms with Crippen LogP contribution in [0.1, 0.15) is 52.7 Å². The van der Waals surface area contributed by atoms with Gasteiger partial charge in [0.25, 0.3) is 0 Å². The Bertz CT molecular complexity index is 820. The molecule has 1 aliphatic rings. The summed E-state index contributed by atoms with van der Waals surface area (Å²) in [6, 6.07) is 2.89. The molecule has 10 heteroatoms. The third kappa shape index (κ3) is 5.54. The molecule has 1 fully saturated rings. The fraction of sp³-hybridized carbons (Fsp3) is 0.600. The summed E-state index contributed by atoms with van der Waals surface area (Å²) >= 11 is 0. The second kappa shape index (κ2) is 7.63. The highest BCUT2D eigenvalue weighted by Gasteiger charge is 2.53. The second-order valence-electron chi connectivity index (χ2n) is 9.21. The van der Waals surface area contributed by atoms with Gasteiger partial charge in [-0.2, -0.15) is 13.2 Å². The van der Waals surface area contributed by atoms with Crippen molar-refractivity contribution in [2.24, 2.45) is 0 Å². The van der Waals surface area contributed by atoms with Crippen LogP contribution in [0.2, 0.25) is 0 Å². The van der Waals surface area contributed by atoms with Gasteiger partial charge in [0.1, 0.15) is 22.6 Å². The maximum absolute atomic E-state index is 14.2. The van der Waals surface area contributed by atoms with Crippen LogP contribution >= 0.6 is 0 Å². The van der Waals surface area contributed by atoms with Gasteiger partial charge < -0.3 is 19.7 Å². The minimum atomic E-state index is -5.00. The van der Waals surface area contributed by atoms with Gasteiger partial charge >= 0.3 is 18.4 Å². The van der Waals surface area contributed by atoms with E-state index in [0.717, 1.165) is 17.0 Å². The van der Waals surface area contributed by atoms with Crippen LogP contribution in [0.15, 0.2) is 18.2 Å². The van der Waals surface area contributed by atoms with Crippen molar-refractivity contribution in [1.29, 1.82) is 0 Å². The Hall–Kier alpha value is -2.52. The van der Waals surface area contributed by atoms with Crippen LogP contribution in [0.3, 0.4) is 0 Å². The van der Waals surface area contributed by atoms with Gasteiger partial charge in [0.2, 0.25) is 0 Å². The highest BCUT2D eigenvalue weighted by Crippen LogP contribution is 2.42. The molecule has 0 radical (unpaired) electrons. The van der Waals surface area contributed by atoms with Crippen LogP contribution < -0.4 is 5.32 Å². The monoisotopic (exact) mass is 434 g/mol. The summed E-state index contributed by atoms with van der Waals surface area (Å²) in [5.74, 6) is -1.47. The van der Waals surface area contributed by atoms with Gasteiger partial charge in [-0.25, -0.2) is 14.0 Å². The van der Waals surface area contributed by atoms with Crippen molar-refractivity contribution in [2.45, 2.75) is 64.5 Å². The zero-order valence-corrected chi connectivity index (χ0v) is 17.7. The number of alkyl carbamates (subject to hydrolysis) is 1. The average Bonchev–Trinajstić information content (AvgIpc) is 2.45. The minimum absolute atomic E-state index is 0.340. The number of nitrogens with one attached hydrogen (secondary N) is 1. The normalized spacial score (nSPS) is 16.5. The van der Waals surface area contributed by atoms with Gasteiger partial charge in [0.15, 0.2) is 0 Å². The summed E-state index contributed by atoms with van der Waals surface area (Å²) in [4.78, 5) is 25.8. The van der Waals surface area contributed by atoms with Crippen LogP contribution in [-0.2, 0) is 21.2 Å². The molecule has 0 spiro atoms. The van der Waals surface area contributed by atoms with E-state index >= 15 is 0 Å². The van der Waals surface area contributed by atoms with Crippen molar-refractivity contribution in [3.8, 4) is 0 Å². The number of ether oxygens (including phenoxy) is 2. The molecule has 0 unspecified atom stereocenters. The van der Waals surface area contributed by atoms with Gasteiger partial charge in [0, 0.05) is 0 Å². The standard InChI is InChI=1S/C20H26F4N2O4/c1-17(2,3)29-15(27)25-19(10-26(11-19)16(28)30-18(4,5)6)12-8-7-9-13(21)14(12)20(22,23)24/h7-9H,10-11H2,1-6H3,(H,25,27). The average molecular weight is 434 g/mol. The third-order valence-electron chi connectivity index (χ3n) is 4.13. The van der Waals surface area contributed by atoms with E-state index in [4.69, 9.17) is 9.47 Å². The van der Waals surface area contributed by atoms with Crippen molar-refractivity contribution in [1.82, 2.24) is 10.2 Å². The number of halogens is 4. The highest BCUT2D eigenvalue weighted by atomic mass is 19.4. The minimum Gasteiger partial charge on any atom is -0.444 e. The Morgan fingerprint density at radius 2 is 1.53 bits per heavy atom. The van der Waals surface area contributed by atoms with E-state index in [1.54, 1.807) is 41.5 Å². The molecule has 1 aromatic carbocycles. The molecule has 0 saturated carbocycles. The Labute approximate surface area is 172 Å². The lowest BCUT2D eigenvalue weighted by atomic mass is 9.79. The van der Waals surface area contributed by atoms with Crippen molar-refractivity contribution in [2.75, 3.05) is 13.1 Å². The number of likely N-dealkylation sites (tertiary alicyclic amines) is 1. The van der Waals surface area contributed by atoms with Crippen LogP contribution in [0.25, 0.3) is 0 Å². The molecule has 1 aromatic rings. The van der Waals surface area contributed by atoms with E-state index in [9.17, 15) is 27.2 Å². The number of hydrogen-bond acceptors (Lipinski definition) is 4. The summed E-state index contributed by atoms with van der Waals surface area (Å²) < 4.78 is 65.3. The molecule has 168 valence electrons. The number of carbonyl (C=O) groups excluding carboxylic acids is 2. The van der Waals surface area contributed by atoms with Gasteiger partial charge in [-0.3, -0.25) is 0 Å². The van der Waals surface area contributed by atoms with Gasteiger partial charge in [0.05, 0.1) is 18.7 Å². The molecule has 2 amide bonds. The van der Waals surface area contributed by atoms with Crippen LogP contribution in [-0.4, -0.2) is 41.4 Å². The van der Waals surface area contributed by atoms with Crippen molar-refractivity contribution in [3.63, 3.8) is 0 Å². The lowest BCUT2D eigenvalue weighted by Crippen LogP contribution is -2.70. The topological polar surface area (TPSA) is 67.9 Å². The number of alkyl halides is 3. The predicted molar refractivity (Wildman–Crippen MR) is 100 cm³/mol. The number of carbonyl (C=O) groups is 2. The maximum atomic E-state index is 14.2. The predicted octanol–water partition coefficient (Wildman–Crippen LogP) is 4.82. The maximum Gasteiger partial charge on any atom is 0.419 e. The molecule has 1 N–H and O–H groups in total. The first kappa shape index (κ1) is 23.8. The smallest absolute Gasteiger partial charge is 0.419 e. The molecular formula is C20H26F4N2O4. The molecule has 0 atom stereocenters. The van der Waals surface area contributed by atoms with Crippen molar-refractivity contribution in [3.05, 3.63) is 35.1 Å². The molecular weight excluding hydrogens is 408 g/mol. The lowest BCUT2D eigenvalue weighted by molar-refractivity contribution is -0.142. The molecule has 0 aromatic heterocycles. The quantitative estimate of drug-likeness (QED) is 0.678. The third-order valence-corrected chi connectivity index (χ3v) is 4.13. The fourth-order valence-electron chi connectivity index (χ4n) is 3.09. The van der Waals surface area contributed by atoms with E-state index in [-0.39, 0.29) is 13.1 Å². The Balaban J connectivity index is 2.42. The van der Waals surface area contributed by atoms with Crippen LogP contribution in [0.4, 0.5) is 27.2 Å². The number of hydrogen-bond donors (Lipinski definition) is 1. The first-order chi connectivity index (χ1) is 13.4. The molecule has 1 aliphatic heterocycles. The van der Waals surface area contributed by atoms with Crippen LogP contribution in [0.5, 0.6) is 0 Å². The highest BCUT2D eigenvalue weighted by molar-refractivity contribution is 5.74. The zero-order chi connectivity index (χ0) is 23.1. The first-order valence-corrected chi connectivity index (χ1v) is 9.29. The molecule has 2 rings (SSSR count). The summed E-state index contributed by atoms with van der Waals surface area (Å²) in [5.41, 5.74) is -5.39. The molecule has 1 saturated heterocycles. The molecule has 0 aliphatic carbocycles. The lowest BCUT2D eigenvalue weighted by Gasteiger charge is -2.50. The Morgan fingerprint density at radius 1 is 1.00 bits per heavy atom. The fourth-order valence-corrected chi connectivity index (χ4v) is 3.09. The van der Waals surface area contributed by atoms with Gasteiger partial charge in [-0.05, 0) is 53.2 Å². The van der Waals surface area contributed by atoms with E-state index in [0.29, 0.717) is 6.07 Å². The Kier molecular flexibility index (Phi) is 6.04. The summed E-state index contributed by atoms with van der Waals surface area (Å²) in [6.45, 7) is 9.03. The van der Waals surface area contributed by atoms with Crippen molar-refractivity contribution >= 4 is 12.2 Å². The molecule has 0 bridgehead atoms. The van der Waals surface area contributed by atoms with Crippen LogP contribution in [0, 0.1) is 5.82 Å². The summed E-state index contributed by atoms with van der Waals surface area (Å²) in [6.07, 6.45) is -6.74. The molecule has 1 heterocycles. The van der Waals surface area contributed by atoms with Crippen molar-refractivity contribution < 1.29 is 36.6 Å². The first-order valence-electron chi connectivity index (χ1n) is 9.29. The Morgan fingerprint density at radius 3 is 2.00 bits per heavy atom. The number of benzene rings is 1. The number of rotatable bonds is 2. The van der Waals surface area contributed by atoms with Gasteiger partial charge in [-0.1, -0.05) is 12.1 Å². The summed E-state index contributed by atoms with van der Waals surface area (Å²) in [5, 5.41) is 2.41. The van der Waals surface area contributed by atoms with E-state index in [1.165, 1.54) is 0 Å². The van der Waals surface area contributed by atoms with Gasteiger partial charge in [-0.15, -0.1) is 0 Å². The SMILES string of the molecule is CC(C)(C)OC(=O)NC1(c2cccc(F)c2C(F)(F)F)CN(C(=O)OC(C)(C)C)C1.